The van der Waals surface area contributed by atoms with Gasteiger partial charge in [-0.1, -0.05) is 0 Å². The van der Waals surface area contributed by atoms with Crippen LogP contribution < -0.4 is 0 Å². The summed E-state index contributed by atoms with van der Waals surface area (Å²) in [6, 6.07) is 0. The van der Waals surface area contributed by atoms with E-state index in [4.69, 9.17) is 14.2 Å². The predicted molar refractivity (Wildman–Crippen MR) is 100 cm³/mol. The van der Waals surface area contributed by atoms with Gasteiger partial charge in [0.05, 0.1) is 59.0 Å². The summed E-state index contributed by atoms with van der Waals surface area (Å²) in [4.78, 5) is 0. The Morgan fingerprint density at radius 3 is 1.71 bits per heavy atom. The van der Waals surface area contributed by atoms with E-state index in [-0.39, 0.29) is 26.4 Å². The summed E-state index contributed by atoms with van der Waals surface area (Å²) >= 11 is 0. The second kappa shape index (κ2) is 15.3. The van der Waals surface area contributed by atoms with E-state index < -0.39 is 88.0 Å². The van der Waals surface area contributed by atoms with Gasteiger partial charge in [-0.15, -0.1) is 0 Å². The fraction of sp³-hybridized carbons (Fsp3) is 1.00. The molecule has 0 heterocycles. The van der Waals surface area contributed by atoms with Crippen molar-refractivity contribution in [3.8, 4) is 0 Å². The second-order valence-electron chi connectivity index (χ2n) is 7.97. The van der Waals surface area contributed by atoms with E-state index in [1.54, 1.807) is 0 Å². The van der Waals surface area contributed by atoms with Gasteiger partial charge in [-0.25, -0.2) is 8.78 Å². The maximum Gasteiger partial charge on any atom is 0.453 e. The molecule has 6 nitrogen and oxygen atoms in total. The van der Waals surface area contributed by atoms with Crippen molar-refractivity contribution < 1.29 is 73.1 Å². The third-order valence-corrected chi connectivity index (χ3v) is 4.29. The lowest BCUT2D eigenvalue weighted by molar-refractivity contribution is -0.287. The molecular formula is C19H30F10O6. The van der Waals surface area contributed by atoms with Gasteiger partial charge in [0.1, 0.15) is 13.0 Å². The molecule has 0 fully saturated rings. The van der Waals surface area contributed by atoms with Crippen molar-refractivity contribution in [2.75, 3.05) is 59.5 Å². The zero-order chi connectivity index (χ0) is 27.3. The van der Waals surface area contributed by atoms with Crippen LogP contribution in [0.2, 0.25) is 0 Å². The summed E-state index contributed by atoms with van der Waals surface area (Å²) < 4.78 is 144. The monoisotopic (exact) mass is 544 g/mol. The van der Waals surface area contributed by atoms with Crippen LogP contribution in [0, 0.1) is 11.8 Å². The van der Waals surface area contributed by atoms with Gasteiger partial charge < -0.3 is 29.2 Å². The molecule has 0 rings (SSSR count). The van der Waals surface area contributed by atoms with Crippen molar-refractivity contribution in [1.29, 1.82) is 0 Å². The lowest BCUT2D eigenvalue weighted by atomic mass is 10.2. The molecule has 0 aliphatic rings. The average molecular weight is 544 g/mol. The lowest BCUT2D eigenvalue weighted by Gasteiger charge is -2.22. The van der Waals surface area contributed by atoms with Gasteiger partial charge in [-0.2, -0.15) is 35.1 Å². The van der Waals surface area contributed by atoms with Crippen molar-refractivity contribution in [2.24, 2.45) is 11.8 Å². The molecule has 0 aliphatic heterocycles. The molecule has 3 unspecified atom stereocenters. The summed E-state index contributed by atoms with van der Waals surface area (Å²) in [6.07, 6.45) is -15.3. The maximum atomic E-state index is 13.2. The van der Waals surface area contributed by atoms with Gasteiger partial charge >= 0.3 is 18.3 Å². The predicted octanol–water partition coefficient (Wildman–Crippen LogP) is 3.83. The molecule has 0 aliphatic carbocycles. The highest BCUT2D eigenvalue weighted by Gasteiger charge is 2.56. The average Bonchev–Trinajstić information content (AvgIpc) is 2.69. The quantitative estimate of drug-likeness (QED) is 0.190. The van der Waals surface area contributed by atoms with Gasteiger partial charge in [0, 0.05) is 18.3 Å². The highest BCUT2D eigenvalue weighted by Crippen LogP contribution is 2.38. The molecule has 0 amide bonds. The minimum absolute atomic E-state index is 0.0781. The number of aliphatic hydroxyl groups is 2. The molecule has 0 bridgehead atoms. The van der Waals surface area contributed by atoms with Crippen LogP contribution in [-0.4, -0.2) is 100.0 Å². The van der Waals surface area contributed by atoms with Crippen molar-refractivity contribution in [2.45, 2.75) is 50.1 Å². The van der Waals surface area contributed by atoms with E-state index in [0.717, 1.165) is 0 Å². The van der Waals surface area contributed by atoms with E-state index in [1.807, 2.05) is 0 Å². The fourth-order valence-corrected chi connectivity index (χ4v) is 2.37. The van der Waals surface area contributed by atoms with E-state index in [9.17, 15) is 54.1 Å². The van der Waals surface area contributed by atoms with Crippen LogP contribution in [0.4, 0.5) is 43.9 Å². The van der Waals surface area contributed by atoms with Crippen molar-refractivity contribution in [1.82, 2.24) is 0 Å². The number of halogens is 10. The Bertz CT molecular complexity index is 559. The zero-order valence-electron chi connectivity index (χ0n) is 18.8. The SMILES string of the molecule is CC(COCC(CO)COCCC(F)(F)C(F)(F)F)OCC(CO)COCC(F)(F)CC(F)(F)F. The molecule has 212 valence electrons. The third-order valence-electron chi connectivity index (χ3n) is 4.29. The fourth-order valence-electron chi connectivity index (χ4n) is 2.37. The number of aliphatic hydroxyl groups excluding tert-OH is 2. The zero-order valence-corrected chi connectivity index (χ0v) is 18.8. The molecule has 0 aromatic rings. The van der Waals surface area contributed by atoms with Gasteiger partial charge in [0.25, 0.3) is 5.92 Å². The third kappa shape index (κ3) is 16.4. The van der Waals surface area contributed by atoms with Gasteiger partial charge in [0.2, 0.25) is 0 Å². The number of rotatable bonds is 19. The Balaban J connectivity index is 4.14. The first kappa shape index (κ1) is 34.1. The largest absolute Gasteiger partial charge is 0.453 e. The molecule has 35 heavy (non-hydrogen) atoms. The molecule has 0 saturated heterocycles. The highest BCUT2D eigenvalue weighted by atomic mass is 19.4. The van der Waals surface area contributed by atoms with Crippen molar-refractivity contribution >= 4 is 0 Å². The topological polar surface area (TPSA) is 77.4 Å². The lowest BCUT2D eigenvalue weighted by Crippen LogP contribution is -2.37. The molecular weight excluding hydrogens is 514 g/mol. The van der Waals surface area contributed by atoms with E-state index in [2.05, 4.69) is 4.74 Å². The number of hydrogen-bond acceptors (Lipinski definition) is 6. The minimum atomic E-state index is -5.69. The molecule has 0 aromatic carbocycles. The normalized spacial score (nSPS) is 16.4. The van der Waals surface area contributed by atoms with Gasteiger partial charge in [-0.05, 0) is 6.92 Å². The van der Waals surface area contributed by atoms with Crippen LogP contribution in [0.5, 0.6) is 0 Å². The summed E-state index contributed by atoms with van der Waals surface area (Å²) in [7, 11) is 0. The summed E-state index contributed by atoms with van der Waals surface area (Å²) in [5, 5.41) is 18.4. The smallest absolute Gasteiger partial charge is 0.396 e. The van der Waals surface area contributed by atoms with Crippen LogP contribution in [0.15, 0.2) is 0 Å². The first-order chi connectivity index (χ1) is 15.9. The second-order valence-corrected chi connectivity index (χ2v) is 7.97. The summed E-state index contributed by atoms with van der Waals surface area (Å²) in [5.41, 5.74) is 0. The molecule has 2 N–H and O–H groups in total. The van der Waals surface area contributed by atoms with Gasteiger partial charge in [0.15, 0.2) is 0 Å². The Hall–Kier alpha value is -0.940. The summed E-state index contributed by atoms with van der Waals surface area (Å²) in [5.74, 6) is -10.6. The Morgan fingerprint density at radius 1 is 0.686 bits per heavy atom. The molecule has 3 atom stereocenters. The summed E-state index contributed by atoms with van der Waals surface area (Å²) in [6.45, 7) is -3.19. The van der Waals surface area contributed by atoms with E-state index in [1.165, 1.54) is 6.92 Å². The van der Waals surface area contributed by atoms with E-state index in [0.29, 0.717) is 0 Å². The molecule has 16 heteroatoms. The van der Waals surface area contributed by atoms with Crippen molar-refractivity contribution in [3.63, 3.8) is 0 Å². The molecule has 0 saturated carbocycles. The van der Waals surface area contributed by atoms with Crippen LogP contribution in [0.25, 0.3) is 0 Å². The Kier molecular flexibility index (Phi) is 14.9. The molecule has 0 radical (unpaired) electrons. The number of alkyl halides is 10. The first-order valence-corrected chi connectivity index (χ1v) is 10.4. The number of ether oxygens (including phenoxy) is 4. The van der Waals surface area contributed by atoms with Gasteiger partial charge in [-0.3, -0.25) is 0 Å². The molecule has 0 spiro atoms. The maximum absolute atomic E-state index is 13.2. The Labute approximate surface area is 195 Å². The van der Waals surface area contributed by atoms with Crippen molar-refractivity contribution in [3.05, 3.63) is 0 Å². The highest BCUT2D eigenvalue weighted by molar-refractivity contribution is 4.75. The number of hydrogen-bond donors (Lipinski definition) is 2. The standard InChI is InChI=1S/C19H30F10O6/c1-13(35-10-15(5-31)9-34-12-16(20,21)11-18(24,25)26)6-33-8-14(4-30)7-32-3-2-17(22,23)19(27,28)29/h13-15,30-31H,2-12H2,1H3. The first-order valence-electron chi connectivity index (χ1n) is 10.4. The minimum Gasteiger partial charge on any atom is -0.396 e. The van der Waals surface area contributed by atoms with Crippen LogP contribution in [-0.2, 0) is 18.9 Å². The van der Waals surface area contributed by atoms with Crippen LogP contribution in [0.1, 0.15) is 19.8 Å². The van der Waals surface area contributed by atoms with E-state index >= 15 is 0 Å². The van der Waals surface area contributed by atoms with Crippen LogP contribution >= 0.6 is 0 Å². The van der Waals surface area contributed by atoms with Crippen LogP contribution in [0.3, 0.4) is 0 Å². The molecule has 0 aromatic heterocycles. The Morgan fingerprint density at radius 2 is 1.20 bits per heavy atom.